The Bertz CT molecular complexity index is 645. The molecule has 0 fully saturated rings. The molecule has 0 aliphatic rings. The fourth-order valence-electron chi connectivity index (χ4n) is 1.46. The third kappa shape index (κ3) is 4.12. The van der Waals surface area contributed by atoms with Crippen molar-refractivity contribution in [2.45, 2.75) is 0 Å². The van der Waals surface area contributed by atoms with Crippen molar-refractivity contribution in [3.8, 4) is 17.6 Å². The molecular formula is C15H13N3O2. The number of anilines is 1. The van der Waals surface area contributed by atoms with E-state index in [-0.39, 0.29) is 6.54 Å². The summed E-state index contributed by atoms with van der Waals surface area (Å²) in [6.07, 6.45) is 0.950. The van der Waals surface area contributed by atoms with Crippen LogP contribution in [0.5, 0.6) is 5.75 Å². The number of carbonyl (C=O) groups is 1. The summed E-state index contributed by atoms with van der Waals surface area (Å²) in [5.74, 6) is 6.42. The number of aromatic nitrogens is 1. The second-order valence-electron chi connectivity index (χ2n) is 3.76. The molecule has 0 aliphatic heterocycles. The van der Waals surface area contributed by atoms with Crippen molar-refractivity contribution in [3.63, 3.8) is 0 Å². The van der Waals surface area contributed by atoms with Gasteiger partial charge in [-0.3, -0.25) is 5.32 Å². The minimum atomic E-state index is -0.604. The van der Waals surface area contributed by atoms with E-state index in [9.17, 15) is 4.79 Å². The van der Waals surface area contributed by atoms with E-state index in [1.165, 1.54) is 0 Å². The van der Waals surface area contributed by atoms with Crippen molar-refractivity contribution in [3.05, 3.63) is 54.2 Å². The third-order valence-electron chi connectivity index (χ3n) is 2.28. The smallest absolute Gasteiger partial charge is 0.410 e. The first kappa shape index (κ1) is 13.6. The highest BCUT2D eigenvalue weighted by Crippen LogP contribution is 2.11. The quantitative estimate of drug-likeness (QED) is 0.816. The molecule has 0 bridgehead atoms. The molecule has 0 unspecified atom stereocenters. The molecule has 2 aromatic rings. The highest BCUT2D eigenvalue weighted by Gasteiger charge is 2.05. The first-order valence-corrected chi connectivity index (χ1v) is 5.97. The van der Waals surface area contributed by atoms with Crippen molar-refractivity contribution >= 4 is 11.9 Å². The molecule has 1 aromatic heterocycles. The Kier molecular flexibility index (Phi) is 4.70. The maximum absolute atomic E-state index is 11.7. The summed E-state index contributed by atoms with van der Waals surface area (Å²) >= 11 is 0. The molecule has 0 atom stereocenters. The summed E-state index contributed by atoms with van der Waals surface area (Å²) in [5.41, 5.74) is 6.02. The van der Waals surface area contributed by atoms with Crippen molar-refractivity contribution in [2.24, 2.45) is 5.73 Å². The van der Waals surface area contributed by atoms with Crippen LogP contribution in [0.25, 0.3) is 0 Å². The van der Waals surface area contributed by atoms with Crippen LogP contribution >= 0.6 is 0 Å². The molecule has 1 aromatic carbocycles. The number of hydrogen-bond donors (Lipinski definition) is 2. The number of nitrogens with two attached hydrogens (primary N) is 1. The van der Waals surface area contributed by atoms with Crippen LogP contribution in [0.15, 0.2) is 48.7 Å². The normalized spacial score (nSPS) is 9.25. The third-order valence-corrected chi connectivity index (χ3v) is 2.28. The zero-order chi connectivity index (χ0) is 14.2. The molecule has 1 heterocycles. The Balaban J connectivity index is 2.01. The van der Waals surface area contributed by atoms with Crippen LogP contribution in [0.2, 0.25) is 0 Å². The Morgan fingerprint density at radius 2 is 2.10 bits per heavy atom. The van der Waals surface area contributed by atoms with Crippen LogP contribution in [0.3, 0.4) is 0 Å². The van der Waals surface area contributed by atoms with Crippen molar-refractivity contribution in [1.29, 1.82) is 0 Å². The molecular weight excluding hydrogens is 254 g/mol. The van der Waals surface area contributed by atoms with Gasteiger partial charge in [0.05, 0.1) is 6.54 Å². The predicted molar refractivity (Wildman–Crippen MR) is 76.3 cm³/mol. The zero-order valence-electron chi connectivity index (χ0n) is 10.7. The number of hydrogen-bond acceptors (Lipinski definition) is 4. The van der Waals surface area contributed by atoms with Crippen LogP contribution in [0.1, 0.15) is 5.56 Å². The molecule has 3 N–H and O–H groups in total. The Hall–Kier alpha value is -2.84. The van der Waals surface area contributed by atoms with E-state index >= 15 is 0 Å². The largest absolute Gasteiger partial charge is 0.418 e. The molecule has 100 valence electrons. The topological polar surface area (TPSA) is 77.2 Å². The molecule has 0 aliphatic carbocycles. The van der Waals surface area contributed by atoms with Gasteiger partial charge in [-0.15, -0.1) is 0 Å². The zero-order valence-corrected chi connectivity index (χ0v) is 10.7. The van der Waals surface area contributed by atoms with Gasteiger partial charge >= 0.3 is 6.09 Å². The number of pyridine rings is 1. The lowest BCUT2D eigenvalue weighted by molar-refractivity contribution is 0.215. The summed E-state index contributed by atoms with van der Waals surface area (Å²) in [4.78, 5) is 15.7. The van der Waals surface area contributed by atoms with Crippen LogP contribution in [0.4, 0.5) is 10.6 Å². The first-order chi connectivity index (χ1) is 9.78. The molecule has 5 heteroatoms. The summed E-state index contributed by atoms with van der Waals surface area (Å²) in [5, 5.41) is 2.54. The lowest BCUT2D eigenvalue weighted by atomic mass is 10.2. The van der Waals surface area contributed by atoms with Gasteiger partial charge in [0.25, 0.3) is 0 Å². The Labute approximate surface area is 116 Å². The van der Waals surface area contributed by atoms with E-state index in [2.05, 4.69) is 22.1 Å². The fourth-order valence-corrected chi connectivity index (χ4v) is 1.46. The highest BCUT2D eigenvalue weighted by atomic mass is 16.6. The molecule has 0 radical (unpaired) electrons. The van der Waals surface area contributed by atoms with E-state index in [0.29, 0.717) is 11.6 Å². The lowest BCUT2D eigenvalue weighted by Crippen LogP contribution is -2.17. The minimum Gasteiger partial charge on any atom is -0.410 e. The molecule has 0 saturated carbocycles. The summed E-state index contributed by atoms with van der Waals surface area (Å²) in [6, 6.07) is 12.2. The second kappa shape index (κ2) is 6.92. The average Bonchev–Trinajstić information content (AvgIpc) is 2.46. The SMILES string of the molecule is NCC#Cc1ccnc(NC(=O)Oc2ccccc2)c1. The molecule has 20 heavy (non-hydrogen) atoms. The van der Waals surface area contributed by atoms with Crippen LogP contribution in [-0.4, -0.2) is 17.6 Å². The standard InChI is InChI=1S/C15H13N3O2/c16-9-4-5-12-8-10-17-14(11-12)18-15(19)20-13-6-2-1-3-7-13/h1-3,6-8,10-11H,9,16H2,(H,17,18,19). The van der Waals surface area contributed by atoms with Gasteiger partial charge in [0.1, 0.15) is 11.6 Å². The number of ether oxygens (including phenoxy) is 1. The Morgan fingerprint density at radius 3 is 2.85 bits per heavy atom. The van der Waals surface area contributed by atoms with E-state index in [0.717, 1.165) is 5.56 Å². The van der Waals surface area contributed by atoms with Gasteiger partial charge in [0.15, 0.2) is 0 Å². The van der Waals surface area contributed by atoms with Gasteiger partial charge in [-0.25, -0.2) is 9.78 Å². The van der Waals surface area contributed by atoms with E-state index in [1.807, 2.05) is 6.07 Å². The van der Waals surface area contributed by atoms with Crippen molar-refractivity contribution in [2.75, 3.05) is 11.9 Å². The fraction of sp³-hybridized carbons (Fsp3) is 0.0667. The van der Waals surface area contributed by atoms with Gasteiger partial charge in [-0.1, -0.05) is 30.0 Å². The number of benzene rings is 1. The number of nitrogens with zero attached hydrogens (tertiary/aromatic N) is 1. The van der Waals surface area contributed by atoms with E-state index < -0.39 is 6.09 Å². The second-order valence-corrected chi connectivity index (χ2v) is 3.76. The highest BCUT2D eigenvalue weighted by molar-refractivity contribution is 5.85. The van der Waals surface area contributed by atoms with Gasteiger partial charge in [0, 0.05) is 11.8 Å². The summed E-state index contributed by atoms with van der Waals surface area (Å²) < 4.78 is 5.09. The lowest BCUT2D eigenvalue weighted by Gasteiger charge is -2.05. The van der Waals surface area contributed by atoms with Crippen LogP contribution in [-0.2, 0) is 0 Å². The maximum atomic E-state index is 11.7. The first-order valence-electron chi connectivity index (χ1n) is 5.97. The minimum absolute atomic E-state index is 0.279. The number of para-hydroxylation sites is 1. The van der Waals surface area contributed by atoms with Crippen LogP contribution < -0.4 is 15.8 Å². The average molecular weight is 267 g/mol. The van der Waals surface area contributed by atoms with Gasteiger partial charge < -0.3 is 10.5 Å². The van der Waals surface area contributed by atoms with Crippen molar-refractivity contribution in [1.82, 2.24) is 4.98 Å². The number of amides is 1. The van der Waals surface area contributed by atoms with E-state index in [4.69, 9.17) is 10.5 Å². The molecule has 2 rings (SSSR count). The predicted octanol–water partition coefficient (Wildman–Crippen LogP) is 2.00. The summed E-state index contributed by atoms with van der Waals surface area (Å²) in [7, 11) is 0. The van der Waals surface area contributed by atoms with Crippen molar-refractivity contribution < 1.29 is 9.53 Å². The van der Waals surface area contributed by atoms with Crippen LogP contribution in [0, 0.1) is 11.8 Å². The number of carbonyl (C=O) groups excluding carboxylic acids is 1. The monoisotopic (exact) mass is 267 g/mol. The summed E-state index contributed by atoms with van der Waals surface area (Å²) in [6.45, 7) is 0.279. The number of rotatable bonds is 2. The molecule has 0 spiro atoms. The maximum Gasteiger partial charge on any atom is 0.418 e. The van der Waals surface area contributed by atoms with E-state index in [1.54, 1.807) is 42.6 Å². The molecule has 1 amide bonds. The van der Waals surface area contributed by atoms with Gasteiger partial charge in [0.2, 0.25) is 0 Å². The molecule has 0 saturated heterocycles. The van der Waals surface area contributed by atoms with Gasteiger partial charge in [-0.05, 0) is 24.3 Å². The molecule has 5 nitrogen and oxygen atoms in total. The Morgan fingerprint density at radius 1 is 1.30 bits per heavy atom. The number of nitrogens with one attached hydrogen (secondary N) is 1. The van der Waals surface area contributed by atoms with Gasteiger partial charge in [-0.2, -0.15) is 0 Å².